The van der Waals surface area contributed by atoms with Crippen LogP contribution in [0.5, 0.6) is 5.75 Å². The number of nitrogens with zero attached hydrogens (tertiary/aromatic N) is 1. The van der Waals surface area contributed by atoms with E-state index in [1.165, 1.54) is 0 Å². The highest BCUT2D eigenvalue weighted by molar-refractivity contribution is 5.98. The van der Waals surface area contributed by atoms with Crippen molar-refractivity contribution in [3.63, 3.8) is 0 Å². The Morgan fingerprint density at radius 1 is 1.39 bits per heavy atom. The smallest absolute Gasteiger partial charge is 0.125 e. The summed E-state index contributed by atoms with van der Waals surface area (Å²) in [6.45, 7) is 9.07. The van der Waals surface area contributed by atoms with Crippen LogP contribution in [-0.4, -0.2) is 18.4 Å². The molecule has 0 amide bonds. The van der Waals surface area contributed by atoms with E-state index in [1.54, 1.807) is 0 Å². The lowest BCUT2D eigenvalue weighted by molar-refractivity contribution is 0.129. The Hall–Kier alpha value is -1.55. The van der Waals surface area contributed by atoms with Gasteiger partial charge in [-0.25, -0.2) is 0 Å². The summed E-state index contributed by atoms with van der Waals surface area (Å²) >= 11 is 0. The summed E-state index contributed by atoms with van der Waals surface area (Å²) in [7, 11) is 0. The summed E-state index contributed by atoms with van der Waals surface area (Å²) in [5, 5.41) is 3.71. The Bertz CT molecular complexity index is 414. The molecule has 0 heterocycles. The summed E-state index contributed by atoms with van der Waals surface area (Å²) in [4.78, 5) is 0. The van der Waals surface area contributed by atoms with Gasteiger partial charge in [-0.3, -0.25) is 0 Å². The van der Waals surface area contributed by atoms with E-state index in [4.69, 9.17) is 15.3 Å². The fourth-order valence-electron chi connectivity index (χ4n) is 1.57. The summed E-state index contributed by atoms with van der Waals surface area (Å²) in [5.41, 5.74) is 2.80. The summed E-state index contributed by atoms with van der Waals surface area (Å²) < 4.78 is 11.2. The minimum atomic E-state index is 0.139. The van der Waals surface area contributed by atoms with E-state index in [2.05, 4.69) is 5.10 Å². The molecule has 0 spiro atoms. The molecule has 4 heteroatoms. The predicted octanol–water partition coefficient (Wildman–Crippen LogP) is 2.69. The van der Waals surface area contributed by atoms with Gasteiger partial charge >= 0.3 is 0 Å². The van der Waals surface area contributed by atoms with Crippen LogP contribution in [0.25, 0.3) is 0 Å². The van der Waals surface area contributed by atoms with E-state index >= 15 is 0 Å². The molecule has 0 aliphatic carbocycles. The van der Waals surface area contributed by atoms with Crippen molar-refractivity contribution in [3.05, 3.63) is 29.3 Å². The minimum Gasteiger partial charge on any atom is -0.491 e. The lowest BCUT2D eigenvalue weighted by Gasteiger charge is -2.15. The van der Waals surface area contributed by atoms with E-state index in [0.717, 1.165) is 22.6 Å². The second-order valence-electron chi connectivity index (χ2n) is 4.34. The molecule has 0 aliphatic rings. The van der Waals surface area contributed by atoms with Crippen molar-refractivity contribution < 1.29 is 9.47 Å². The standard InChI is InChI=1S/C14H22N2O2/c1-5-17-9-13-8-12(11(4)16-15)6-7-14(13)18-10(2)3/h6-8,10H,5,9,15H2,1-4H3. The number of nitrogens with two attached hydrogens (primary N) is 1. The summed E-state index contributed by atoms with van der Waals surface area (Å²) in [6, 6.07) is 5.91. The van der Waals surface area contributed by atoms with Gasteiger partial charge in [-0.15, -0.1) is 0 Å². The Kier molecular flexibility index (Phi) is 5.65. The van der Waals surface area contributed by atoms with Gasteiger partial charge in [0.2, 0.25) is 0 Å². The monoisotopic (exact) mass is 250 g/mol. The molecule has 0 atom stereocenters. The second kappa shape index (κ2) is 7.01. The highest BCUT2D eigenvalue weighted by Crippen LogP contribution is 2.23. The van der Waals surface area contributed by atoms with Gasteiger partial charge in [-0.1, -0.05) is 0 Å². The molecule has 4 nitrogen and oxygen atoms in total. The van der Waals surface area contributed by atoms with Gasteiger partial charge in [0, 0.05) is 12.2 Å². The van der Waals surface area contributed by atoms with Crippen LogP contribution in [0.3, 0.4) is 0 Å². The lowest BCUT2D eigenvalue weighted by Crippen LogP contribution is -2.09. The number of hydrogen-bond donors (Lipinski definition) is 1. The maximum absolute atomic E-state index is 5.76. The first-order chi connectivity index (χ1) is 8.58. The molecule has 0 bridgehead atoms. The molecule has 0 fully saturated rings. The van der Waals surface area contributed by atoms with Gasteiger partial charge in [-0.05, 0) is 51.5 Å². The van der Waals surface area contributed by atoms with Crippen molar-refractivity contribution in [1.29, 1.82) is 0 Å². The third kappa shape index (κ3) is 4.04. The number of hydrazone groups is 1. The van der Waals surface area contributed by atoms with Crippen molar-refractivity contribution in [2.75, 3.05) is 6.61 Å². The van der Waals surface area contributed by atoms with E-state index in [0.29, 0.717) is 13.2 Å². The molecule has 0 saturated carbocycles. The van der Waals surface area contributed by atoms with Gasteiger partial charge < -0.3 is 15.3 Å². The minimum absolute atomic E-state index is 0.139. The maximum Gasteiger partial charge on any atom is 0.125 e. The van der Waals surface area contributed by atoms with Gasteiger partial charge in [0.05, 0.1) is 18.4 Å². The molecule has 1 aromatic carbocycles. The maximum atomic E-state index is 5.76. The average Bonchev–Trinajstić information content (AvgIpc) is 2.36. The molecule has 1 aromatic rings. The first kappa shape index (κ1) is 14.5. The molecule has 0 aliphatic heterocycles. The van der Waals surface area contributed by atoms with Crippen LogP contribution < -0.4 is 10.6 Å². The SMILES string of the molecule is CCOCc1cc(C(C)=NN)ccc1OC(C)C. The average molecular weight is 250 g/mol. The van der Waals surface area contributed by atoms with Crippen molar-refractivity contribution in [1.82, 2.24) is 0 Å². The topological polar surface area (TPSA) is 56.8 Å². The molecule has 2 N–H and O–H groups in total. The van der Waals surface area contributed by atoms with E-state index in [9.17, 15) is 0 Å². The number of rotatable bonds is 6. The molecule has 18 heavy (non-hydrogen) atoms. The second-order valence-corrected chi connectivity index (χ2v) is 4.34. The van der Waals surface area contributed by atoms with Crippen LogP contribution in [-0.2, 0) is 11.3 Å². The van der Waals surface area contributed by atoms with E-state index in [1.807, 2.05) is 45.9 Å². The third-order valence-electron chi connectivity index (χ3n) is 2.50. The largest absolute Gasteiger partial charge is 0.491 e. The van der Waals surface area contributed by atoms with Crippen LogP contribution in [0.1, 0.15) is 38.8 Å². The zero-order valence-electron chi connectivity index (χ0n) is 11.6. The van der Waals surface area contributed by atoms with Gasteiger partial charge in [0.15, 0.2) is 0 Å². The van der Waals surface area contributed by atoms with Gasteiger partial charge in [0.1, 0.15) is 5.75 Å². The van der Waals surface area contributed by atoms with E-state index in [-0.39, 0.29) is 6.10 Å². The fraction of sp³-hybridized carbons (Fsp3) is 0.500. The molecule has 1 rings (SSSR count). The normalized spacial score (nSPS) is 11.9. The summed E-state index contributed by atoms with van der Waals surface area (Å²) in [5.74, 6) is 6.15. The quantitative estimate of drug-likeness (QED) is 0.480. The number of hydrogen-bond acceptors (Lipinski definition) is 4. The van der Waals surface area contributed by atoms with Crippen LogP contribution in [0.15, 0.2) is 23.3 Å². The van der Waals surface area contributed by atoms with Crippen LogP contribution >= 0.6 is 0 Å². The fourth-order valence-corrected chi connectivity index (χ4v) is 1.57. The van der Waals surface area contributed by atoms with Crippen molar-refractivity contribution in [2.45, 2.75) is 40.4 Å². The molecular weight excluding hydrogens is 228 g/mol. The highest BCUT2D eigenvalue weighted by atomic mass is 16.5. The number of benzene rings is 1. The van der Waals surface area contributed by atoms with Crippen LogP contribution in [0.2, 0.25) is 0 Å². The van der Waals surface area contributed by atoms with E-state index < -0.39 is 0 Å². The van der Waals surface area contributed by atoms with Crippen molar-refractivity contribution >= 4 is 5.71 Å². The Balaban J connectivity index is 3.03. The molecule has 0 aromatic heterocycles. The van der Waals surface area contributed by atoms with Crippen molar-refractivity contribution in [3.8, 4) is 5.75 Å². The summed E-state index contributed by atoms with van der Waals surface area (Å²) in [6.07, 6.45) is 0.139. The highest BCUT2D eigenvalue weighted by Gasteiger charge is 2.08. The Labute approximate surface area is 109 Å². The zero-order chi connectivity index (χ0) is 13.5. The number of ether oxygens (including phenoxy) is 2. The third-order valence-corrected chi connectivity index (χ3v) is 2.50. The first-order valence-electron chi connectivity index (χ1n) is 6.20. The van der Waals surface area contributed by atoms with Crippen molar-refractivity contribution in [2.24, 2.45) is 10.9 Å². The van der Waals surface area contributed by atoms with Gasteiger partial charge in [-0.2, -0.15) is 5.10 Å². The van der Waals surface area contributed by atoms with Crippen LogP contribution in [0.4, 0.5) is 0 Å². The molecule has 0 saturated heterocycles. The molecule has 0 radical (unpaired) electrons. The zero-order valence-corrected chi connectivity index (χ0v) is 11.6. The van der Waals surface area contributed by atoms with Gasteiger partial charge in [0.25, 0.3) is 0 Å². The Morgan fingerprint density at radius 3 is 2.67 bits per heavy atom. The first-order valence-corrected chi connectivity index (χ1v) is 6.20. The van der Waals surface area contributed by atoms with Crippen LogP contribution in [0, 0.1) is 0 Å². The molecule has 100 valence electrons. The predicted molar refractivity (Wildman–Crippen MR) is 73.9 cm³/mol. The molecular formula is C14H22N2O2. The molecule has 0 unspecified atom stereocenters. The lowest BCUT2D eigenvalue weighted by atomic mass is 10.1. The Morgan fingerprint density at radius 2 is 2.11 bits per heavy atom.